The van der Waals surface area contributed by atoms with Gasteiger partial charge in [0.2, 0.25) is 0 Å². The standard InChI is InChI=1S/C24H47IO3Si/c1-5-6-7-8-9-10-11-12-13-14-15-16-17-18-19-20-24(26)27-22-23(21-25)28-29(2,3)4/h12-13,23H,5-11,14-22H2,1-4H3/b13-12-/t23-/m0/s1. The number of carbonyl (C=O) groups is 1. The normalized spacial score (nSPS) is 13.1. The molecule has 3 nitrogen and oxygen atoms in total. The highest BCUT2D eigenvalue weighted by Crippen LogP contribution is 2.12. The van der Waals surface area contributed by atoms with E-state index < -0.39 is 8.32 Å². The van der Waals surface area contributed by atoms with Gasteiger partial charge in [0.1, 0.15) is 6.61 Å². The van der Waals surface area contributed by atoms with Crippen LogP contribution >= 0.6 is 22.6 Å². The summed E-state index contributed by atoms with van der Waals surface area (Å²) in [5.41, 5.74) is 0. The van der Waals surface area contributed by atoms with E-state index in [-0.39, 0.29) is 12.1 Å². The smallest absolute Gasteiger partial charge is 0.305 e. The summed E-state index contributed by atoms with van der Waals surface area (Å²) in [5, 5.41) is 0. The van der Waals surface area contributed by atoms with Crippen molar-refractivity contribution in [2.45, 2.75) is 123 Å². The predicted octanol–water partition coefficient (Wildman–Crippen LogP) is 8.22. The lowest BCUT2D eigenvalue weighted by Crippen LogP contribution is -2.36. The Morgan fingerprint density at radius 1 is 0.862 bits per heavy atom. The Balaban J connectivity index is 3.45. The highest BCUT2D eigenvalue weighted by atomic mass is 127. The minimum absolute atomic E-state index is 0.0420. The lowest BCUT2D eigenvalue weighted by atomic mass is 10.1. The van der Waals surface area contributed by atoms with Gasteiger partial charge in [-0.2, -0.15) is 0 Å². The third-order valence-corrected chi connectivity index (χ3v) is 6.79. The van der Waals surface area contributed by atoms with Crippen LogP contribution in [0.1, 0.15) is 96.8 Å². The summed E-state index contributed by atoms with van der Waals surface area (Å²) in [6.07, 6.45) is 21.8. The molecule has 0 amide bonds. The Kier molecular flexibility index (Phi) is 20.1. The first-order valence-electron chi connectivity index (χ1n) is 11.9. The van der Waals surface area contributed by atoms with Gasteiger partial charge in [-0.3, -0.25) is 4.79 Å². The van der Waals surface area contributed by atoms with E-state index in [1.807, 2.05) is 0 Å². The van der Waals surface area contributed by atoms with Gasteiger partial charge in [0.25, 0.3) is 0 Å². The number of allylic oxidation sites excluding steroid dienone is 2. The van der Waals surface area contributed by atoms with E-state index in [4.69, 9.17) is 9.16 Å². The largest absolute Gasteiger partial charge is 0.463 e. The van der Waals surface area contributed by atoms with E-state index in [9.17, 15) is 4.79 Å². The van der Waals surface area contributed by atoms with Crippen molar-refractivity contribution < 1.29 is 14.0 Å². The number of ether oxygens (including phenoxy) is 1. The van der Waals surface area contributed by atoms with Crippen LogP contribution in [-0.4, -0.2) is 31.4 Å². The van der Waals surface area contributed by atoms with Crippen molar-refractivity contribution in [2.24, 2.45) is 0 Å². The Bertz CT molecular complexity index is 407. The number of esters is 1. The van der Waals surface area contributed by atoms with Crippen LogP contribution in [0.4, 0.5) is 0 Å². The van der Waals surface area contributed by atoms with E-state index in [0.717, 1.165) is 17.3 Å². The molecule has 0 aromatic heterocycles. The van der Waals surface area contributed by atoms with Gasteiger partial charge >= 0.3 is 5.97 Å². The molecule has 1 atom stereocenters. The second-order valence-electron chi connectivity index (χ2n) is 9.02. The molecule has 0 aromatic rings. The Hall–Kier alpha value is 0.117. The van der Waals surface area contributed by atoms with Crippen molar-refractivity contribution in [1.82, 2.24) is 0 Å². The summed E-state index contributed by atoms with van der Waals surface area (Å²) in [5.74, 6) is -0.0725. The molecule has 0 saturated heterocycles. The van der Waals surface area contributed by atoms with E-state index in [0.29, 0.717) is 13.0 Å². The monoisotopic (exact) mass is 538 g/mol. The fourth-order valence-electron chi connectivity index (χ4n) is 3.21. The average molecular weight is 539 g/mol. The molecule has 0 N–H and O–H groups in total. The Morgan fingerprint density at radius 3 is 1.90 bits per heavy atom. The molecule has 0 aliphatic rings. The predicted molar refractivity (Wildman–Crippen MR) is 138 cm³/mol. The molecule has 0 bridgehead atoms. The first-order valence-corrected chi connectivity index (χ1v) is 16.9. The van der Waals surface area contributed by atoms with Gasteiger partial charge in [-0.1, -0.05) is 93.0 Å². The Morgan fingerprint density at radius 2 is 1.38 bits per heavy atom. The zero-order valence-corrected chi connectivity index (χ0v) is 22.8. The molecule has 0 saturated carbocycles. The van der Waals surface area contributed by atoms with Gasteiger partial charge in [0.05, 0.1) is 6.10 Å². The van der Waals surface area contributed by atoms with Crippen LogP contribution in [0, 0.1) is 0 Å². The quantitative estimate of drug-likeness (QED) is 0.0391. The minimum atomic E-state index is -1.58. The number of carbonyl (C=O) groups excluding carboxylic acids is 1. The fourth-order valence-corrected chi connectivity index (χ4v) is 5.13. The number of alkyl halides is 1. The first kappa shape index (κ1) is 29.1. The highest BCUT2D eigenvalue weighted by molar-refractivity contribution is 14.1. The van der Waals surface area contributed by atoms with E-state index in [2.05, 4.69) is 61.3 Å². The lowest BCUT2D eigenvalue weighted by Gasteiger charge is -2.24. The van der Waals surface area contributed by atoms with Gasteiger partial charge < -0.3 is 9.16 Å². The molecule has 5 heteroatoms. The van der Waals surface area contributed by atoms with Gasteiger partial charge in [0, 0.05) is 10.8 Å². The molecule has 0 fully saturated rings. The summed E-state index contributed by atoms with van der Waals surface area (Å²) in [4.78, 5) is 11.9. The maximum Gasteiger partial charge on any atom is 0.305 e. The summed E-state index contributed by atoms with van der Waals surface area (Å²) >= 11 is 2.30. The van der Waals surface area contributed by atoms with Crippen LogP contribution in [-0.2, 0) is 14.0 Å². The number of hydrogen-bond acceptors (Lipinski definition) is 3. The number of hydrogen-bond donors (Lipinski definition) is 0. The van der Waals surface area contributed by atoms with Crippen molar-refractivity contribution in [2.75, 3.05) is 11.0 Å². The zero-order valence-electron chi connectivity index (χ0n) is 19.6. The molecule has 0 aliphatic heterocycles. The Labute approximate surface area is 196 Å². The third kappa shape index (κ3) is 22.6. The molecule has 29 heavy (non-hydrogen) atoms. The molecule has 0 aliphatic carbocycles. The van der Waals surface area contributed by atoms with Crippen molar-refractivity contribution >= 4 is 36.9 Å². The summed E-state index contributed by atoms with van der Waals surface area (Å²) in [7, 11) is -1.58. The van der Waals surface area contributed by atoms with Crippen LogP contribution in [0.25, 0.3) is 0 Å². The fraction of sp³-hybridized carbons (Fsp3) is 0.875. The van der Waals surface area contributed by atoms with Crippen LogP contribution in [0.5, 0.6) is 0 Å². The van der Waals surface area contributed by atoms with Gasteiger partial charge in [-0.25, -0.2) is 0 Å². The average Bonchev–Trinajstić information content (AvgIpc) is 2.67. The SMILES string of the molecule is CCCCCCCC/C=C\CCCCCCCC(=O)OC[C@H](CI)O[Si](C)(C)C. The molecule has 172 valence electrons. The van der Waals surface area contributed by atoms with Gasteiger partial charge in [0.15, 0.2) is 8.32 Å². The molecular formula is C24H47IO3Si. The second kappa shape index (κ2) is 20.0. The molecule has 0 heterocycles. The van der Waals surface area contributed by atoms with Crippen LogP contribution in [0.2, 0.25) is 19.6 Å². The summed E-state index contributed by atoms with van der Waals surface area (Å²) < 4.78 is 12.3. The zero-order chi connectivity index (χ0) is 21.8. The molecule has 0 spiro atoms. The highest BCUT2D eigenvalue weighted by Gasteiger charge is 2.21. The third-order valence-electron chi connectivity index (χ3n) is 4.77. The molecule has 0 rings (SSSR count). The van der Waals surface area contributed by atoms with Gasteiger partial charge in [-0.05, 0) is 51.7 Å². The lowest BCUT2D eigenvalue weighted by molar-refractivity contribution is -0.146. The molecule has 0 aromatic carbocycles. The molecular weight excluding hydrogens is 491 g/mol. The summed E-state index contributed by atoms with van der Waals surface area (Å²) in [6, 6.07) is 0. The maximum atomic E-state index is 11.9. The molecule has 0 unspecified atom stereocenters. The van der Waals surface area contributed by atoms with E-state index in [1.165, 1.54) is 70.6 Å². The molecule has 0 radical (unpaired) electrons. The van der Waals surface area contributed by atoms with Crippen LogP contribution in [0.15, 0.2) is 12.2 Å². The van der Waals surface area contributed by atoms with E-state index in [1.54, 1.807) is 0 Å². The van der Waals surface area contributed by atoms with Crippen molar-refractivity contribution in [3.8, 4) is 0 Å². The van der Waals surface area contributed by atoms with Gasteiger partial charge in [-0.15, -0.1) is 0 Å². The second-order valence-corrected chi connectivity index (χ2v) is 14.4. The number of rotatable bonds is 20. The maximum absolute atomic E-state index is 11.9. The minimum Gasteiger partial charge on any atom is -0.463 e. The van der Waals surface area contributed by atoms with Crippen molar-refractivity contribution in [3.63, 3.8) is 0 Å². The number of unbranched alkanes of at least 4 members (excludes halogenated alkanes) is 11. The topological polar surface area (TPSA) is 35.5 Å². The summed E-state index contributed by atoms with van der Waals surface area (Å²) in [6.45, 7) is 9.17. The van der Waals surface area contributed by atoms with Crippen LogP contribution < -0.4 is 0 Å². The van der Waals surface area contributed by atoms with Crippen LogP contribution in [0.3, 0.4) is 0 Å². The van der Waals surface area contributed by atoms with Crippen molar-refractivity contribution in [3.05, 3.63) is 12.2 Å². The first-order chi connectivity index (χ1) is 13.9. The van der Waals surface area contributed by atoms with Crippen molar-refractivity contribution in [1.29, 1.82) is 0 Å². The number of halogens is 1. The van der Waals surface area contributed by atoms with E-state index >= 15 is 0 Å².